The highest BCUT2D eigenvalue weighted by Gasteiger charge is 1.93. The van der Waals surface area contributed by atoms with E-state index < -0.39 is 0 Å². The predicted octanol–water partition coefficient (Wildman–Crippen LogP) is -0.677. The van der Waals surface area contributed by atoms with Crippen LogP contribution >= 0.6 is 0 Å². The maximum Gasteiger partial charge on any atom is 0.254 e. The zero-order valence-corrected chi connectivity index (χ0v) is 4.87. The number of aromatic nitrogens is 3. The maximum absolute atomic E-state index is 8.23. The van der Waals surface area contributed by atoms with Crippen molar-refractivity contribution in [1.82, 2.24) is 14.9 Å². The van der Waals surface area contributed by atoms with Gasteiger partial charge in [0, 0.05) is 7.05 Å². The van der Waals surface area contributed by atoms with E-state index >= 15 is 0 Å². The summed E-state index contributed by atoms with van der Waals surface area (Å²) in [5.41, 5.74) is 2.67. The summed E-state index contributed by atoms with van der Waals surface area (Å²) in [5.74, 6) is 0.171. The van der Waals surface area contributed by atoms with E-state index in [4.69, 9.17) is 5.26 Å². The Balaban J connectivity index is 2.90. The average Bonchev–Trinajstić information content (AvgIpc) is 2.34. The van der Waals surface area contributed by atoms with E-state index in [0.717, 1.165) is 0 Å². The van der Waals surface area contributed by atoms with Crippen LogP contribution < -0.4 is 5.43 Å². The van der Waals surface area contributed by atoms with Crippen LogP contribution in [0.4, 0.5) is 0 Å². The van der Waals surface area contributed by atoms with E-state index in [-0.39, 0.29) is 5.82 Å². The normalized spacial score (nSPS) is 8.44. The van der Waals surface area contributed by atoms with Gasteiger partial charge in [-0.1, -0.05) is 0 Å². The Morgan fingerprint density at radius 2 is 2.67 bits per heavy atom. The summed E-state index contributed by atoms with van der Waals surface area (Å²) >= 11 is 0. The Morgan fingerprint density at radius 3 is 3.00 bits per heavy atom. The van der Waals surface area contributed by atoms with Crippen LogP contribution in [0.25, 0.3) is 0 Å². The number of nitrogens with one attached hydrogen (secondary N) is 1. The summed E-state index contributed by atoms with van der Waals surface area (Å²) in [5, 5.41) is 11.9. The van der Waals surface area contributed by atoms with Crippen molar-refractivity contribution in [1.29, 1.82) is 5.26 Å². The van der Waals surface area contributed by atoms with Gasteiger partial charge in [-0.05, 0) is 0 Å². The molecule has 0 atom stereocenters. The van der Waals surface area contributed by atoms with Gasteiger partial charge in [0.15, 0.2) is 0 Å². The largest absolute Gasteiger partial charge is 0.312 e. The molecule has 0 saturated carbocycles. The number of hydrogen-bond acceptors (Lipinski definition) is 4. The minimum Gasteiger partial charge on any atom is -0.312 e. The van der Waals surface area contributed by atoms with Crippen LogP contribution in [0.5, 0.6) is 0 Å². The minimum atomic E-state index is 0.171. The molecule has 1 aromatic heterocycles. The fraction of sp³-hybridized carbons (Fsp3) is 0.250. The highest BCUT2D eigenvalue weighted by Crippen LogP contribution is 1.80. The first kappa shape index (κ1) is 5.56. The number of rotatable bonds is 1. The first-order valence-corrected chi connectivity index (χ1v) is 2.36. The van der Waals surface area contributed by atoms with E-state index in [0.29, 0.717) is 0 Å². The molecule has 1 N–H and O–H groups in total. The molecule has 1 rings (SSSR count). The standard InChI is InChI=1S/C4H5N5/c1-6-9-3-7-4(2-5)8-9/h3,6H,1H3. The minimum absolute atomic E-state index is 0.171. The molecule has 0 spiro atoms. The lowest BCUT2D eigenvalue weighted by atomic mass is 10.7. The molecule has 0 unspecified atom stereocenters. The van der Waals surface area contributed by atoms with Gasteiger partial charge in [0.2, 0.25) is 0 Å². The number of hydrogen-bond donors (Lipinski definition) is 1. The molecule has 5 heteroatoms. The Bertz CT molecular complexity index is 231. The van der Waals surface area contributed by atoms with Crippen LogP contribution in [-0.4, -0.2) is 21.9 Å². The van der Waals surface area contributed by atoms with Gasteiger partial charge in [-0.15, -0.1) is 5.10 Å². The number of nitrogens with zero attached hydrogens (tertiary/aromatic N) is 4. The van der Waals surface area contributed by atoms with E-state index in [1.807, 2.05) is 0 Å². The lowest BCUT2D eigenvalue weighted by molar-refractivity contribution is 0.776. The maximum atomic E-state index is 8.23. The highest BCUT2D eigenvalue weighted by molar-refractivity contribution is 5.05. The van der Waals surface area contributed by atoms with Crippen molar-refractivity contribution in [2.75, 3.05) is 12.5 Å². The average molecular weight is 123 g/mol. The molecule has 0 radical (unpaired) electrons. The van der Waals surface area contributed by atoms with Gasteiger partial charge in [-0.3, -0.25) is 0 Å². The Hall–Kier alpha value is -1.57. The summed E-state index contributed by atoms with van der Waals surface area (Å²) in [7, 11) is 1.69. The van der Waals surface area contributed by atoms with Crippen molar-refractivity contribution in [3.8, 4) is 6.07 Å². The molecule has 46 valence electrons. The van der Waals surface area contributed by atoms with Crippen LogP contribution in [0.3, 0.4) is 0 Å². The summed E-state index contributed by atoms with van der Waals surface area (Å²) in [6.45, 7) is 0. The topological polar surface area (TPSA) is 66.5 Å². The van der Waals surface area contributed by atoms with Gasteiger partial charge < -0.3 is 5.43 Å². The van der Waals surface area contributed by atoms with Gasteiger partial charge >= 0.3 is 0 Å². The quantitative estimate of drug-likeness (QED) is 0.537. The Kier molecular flexibility index (Phi) is 1.32. The van der Waals surface area contributed by atoms with Crippen molar-refractivity contribution < 1.29 is 0 Å². The third-order valence-corrected chi connectivity index (χ3v) is 0.821. The molecule has 9 heavy (non-hydrogen) atoms. The van der Waals surface area contributed by atoms with Gasteiger partial charge in [0.1, 0.15) is 12.4 Å². The fourth-order valence-corrected chi connectivity index (χ4v) is 0.422. The van der Waals surface area contributed by atoms with Crippen molar-refractivity contribution in [2.24, 2.45) is 0 Å². The molecule has 0 amide bonds. The van der Waals surface area contributed by atoms with Crippen molar-refractivity contribution in [2.45, 2.75) is 0 Å². The molecular formula is C4H5N5. The van der Waals surface area contributed by atoms with Crippen LogP contribution in [0, 0.1) is 11.3 Å². The molecule has 0 bridgehead atoms. The van der Waals surface area contributed by atoms with Crippen molar-refractivity contribution in [3.05, 3.63) is 12.2 Å². The van der Waals surface area contributed by atoms with Crippen LogP contribution in [0.1, 0.15) is 5.82 Å². The highest BCUT2D eigenvalue weighted by atomic mass is 15.6. The number of nitriles is 1. The molecule has 1 aromatic rings. The lowest BCUT2D eigenvalue weighted by Gasteiger charge is -1.91. The summed E-state index contributed by atoms with van der Waals surface area (Å²) in [6.07, 6.45) is 1.43. The van der Waals surface area contributed by atoms with Gasteiger partial charge in [-0.2, -0.15) is 10.1 Å². The van der Waals surface area contributed by atoms with E-state index in [9.17, 15) is 0 Å². The summed E-state index contributed by atoms with van der Waals surface area (Å²) < 4.78 is 0. The molecular weight excluding hydrogens is 118 g/mol. The molecule has 0 fully saturated rings. The predicted molar refractivity (Wildman–Crippen MR) is 30.0 cm³/mol. The smallest absolute Gasteiger partial charge is 0.254 e. The van der Waals surface area contributed by atoms with Crippen LogP contribution in [0.15, 0.2) is 6.33 Å². The van der Waals surface area contributed by atoms with Gasteiger partial charge in [-0.25, -0.2) is 4.98 Å². The van der Waals surface area contributed by atoms with E-state index in [2.05, 4.69) is 15.5 Å². The summed E-state index contributed by atoms with van der Waals surface area (Å²) in [4.78, 5) is 4.99. The molecule has 0 aromatic carbocycles. The zero-order chi connectivity index (χ0) is 6.69. The summed E-state index contributed by atoms with van der Waals surface area (Å²) in [6, 6.07) is 1.80. The van der Waals surface area contributed by atoms with Crippen molar-refractivity contribution >= 4 is 0 Å². The third kappa shape index (κ3) is 0.966. The molecule has 1 heterocycles. The molecule has 0 aliphatic rings. The second kappa shape index (κ2) is 2.13. The first-order chi connectivity index (χ1) is 4.36. The molecule has 0 aliphatic carbocycles. The lowest BCUT2D eigenvalue weighted by Crippen LogP contribution is -2.08. The van der Waals surface area contributed by atoms with Crippen LogP contribution in [0.2, 0.25) is 0 Å². The van der Waals surface area contributed by atoms with Gasteiger partial charge in [0.25, 0.3) is 5.82 Å². The van der Waals surface area contributed by atoms with E-state index in [1.165, 1.54) is 11.1 Å². The van der Waals surface area contributed by atoms with Gasteiger partial charge in [0.05, 0.1) is 0 Å². The van der Waals surface area contributed by atoms with E-state index in [1.54, 1.807) is 13.1 Å². The molecule has 5 nitrogen and oxygen atoms in total. The molecule has 0 aliphatic heterocycles. The molecule has 0 saturated heterocycles. The fourth-order valence-electron chi connectivity index (χ4n) is 0.422. The van der Waals surface area contributed by atoms with Crippen LogP contribution in [-0.2, 0) is 0 Å². The monoisotopic (exact) mass is 123 g/mol. The Morgan fingerprint density at radius 1 is 1.89 bits per heavy atom. The second-order valence-corrected chi connectivity index (χ2v) is 1.35. The second-order valence-electron chi connectivity index (χ2n) is 1.35. The first-order valence-electron chi connectivity index (χ1n) is 2.36. The third-order valence-electron chi connectivity index (χ3n) is 0.821. The SMILES string of the molecule is CNn1cnc(C#N)n1. The zero-order valence-electron chi connectivity index (χ0n) is 4.87. The van der Waals surface area contributed by atoms with Crippen molar-refractivity contribution in [3.63, 3.8) is 0 Å². The Labute approximate surface area is 51.9 Å².